The summed E-state index contributed by atoms with van der Waals surface area (Å²) < 4.78 is 5.78. The van der Waals surface area contributed by atoms with Gasteiger partial charge in [0, 0.05) is 6.42 Å². The van der Waals surface area contributed by atoms with Crippen LogP contribution in [0.25, 0.3) is 0 Å². The molecule has 6 heteroatoms. The SMILES string of the molecule is C[N+](C)(C)C[C@@H](CC(=O)O)OC(=O)CCCCS. The molecule has 106 valence electrons. The van der Waals surface area contributed by atoms with E-state index < -0.39 is 12.1 Å². The van der Waals surface area contributed by atoms with Crippen LogP contribution >= 0.6 is 12.6 Å². The number of quaternary nitrogens is 1. The molecule has 0 saturated carbocycles. The third-order valence-corrected chi connectivity index (χ3v) is 2.56. The fourth-order valence-electron chi connectivity index (χ4n) is 1.58. The highest BCUT2D eigenvalue weighted by Gasteiger charge is 2.24. The first-order chi connectivity index (χ1) is 8.24. The first kappa shape index (κ1) is 17.2. The maximum absolute atomic E-state index is 11.5. The number of hydrogen-bond donors (Lipinski definition) is 2. The standard InChI is InChI=1S/C12H23NO4S/c1-13(2,3)9-10(8-11(14)15)17-12(16)6-4-5-7-18/h10H,4-9H2,1-3H3,(H-,14,15,18)/p+1/t10-/m1/s1. The van der Waals surface area contributed by atoms with Crippen LogP contribution in [0.2, 0.25) is 0 Å². The normalized spacial score (nSPS) is 13.1. The summed E-state index contributed by atoms with van der Waals surface area (Å²) in [6.07, 6.45) is 1.21. The largest absolute Gasteiger partial charge is 0.481 e. The molecule has 0 saturated heterocycles. The fourth-order valence-corrected chi connectivity index (χ4v) is 1.80. The Kier molecular flexibility index (Phi) is 8.02. The lowest BCUT2D eigenvalue weighted by molar-refractivity contribution is -0.873. The molecule has 0 aliphatic carbocycles. The van der Waals surface area contributed by atoms with Gasteiger partial charge in [0.2, 0.25) is 0 Å². The molecule has 1 atom stereocenters. The fraction of sp³-hybridized carbons (Fsp3) is 0.833. The highest BCUT2D eigenvalue weighted by molar-refractivity contribution is 7.80. The van der Waals surface area contributed by atoms with Crippen molar-refractivity contribution in [3.05, 3.63) is 0 Å². The number of ether oxygens (including phenoxy) is 1. The summed E-state index contributed by atoms with van der Waals surface area (Å²) in [6, 6.07) is 0. The Hall–Kier alpha value is -0.750. The Bertz CT molecular complexity index is 276. The lowest BCUT2D eigenvalue weighted by Gasteiger charge is -2.28. The minimum atomic E-state index is -0.948. The summed E-state index contributed by atoms with van der Waals surface area (Å²) in [7, 11) is 5.80. The Morgan fingerprint density at radius 2 is 1.89 bits per heavy atom. The van der Waals surface area contributed by atoms with E-state index in [-0.39, 0.29) is 12.4 Å². The van der Waals surface area contributed by atoms with Gasteiger partial charge in [-0.15, -0.1) is 0 Å². The summed E-state index contributed by atoms with van der Waals surface area (Å²) in [6.45, 7) is 0.491. The molecular formula is C12H24NO4S+. The zero-order chi connectivity index (χ0) is 14.2. The lowest BCUT2D eigenvalue weighted by atomic mass is 10.2. The van der Waals surface area contributed by atoms with Crippen molar-refractivity contribution in [2.45, 2.75) is 31.8 Å². The molecular weight excluding hydrogens is 254 g/mol. The molecule has 0 aliphatic rings. The van der Waals surface area contributed by atoms with Gasteiger partial charge in [0.1, 0.15) is 6.54 Å². The van der Waals surface area contributed by atoms with Gasteiger partial charge in [0.05, 0.1) is 27.6 Å². The van der Waals surface area contributed by atoms with Gasteiger partial charge in [-0.3, -0.25) is 9.59 Å². The van der Waals surface area contributed by atoms with Crippen molar-refractivity contribution in [1.82, 2.24) is 0 Å². The highest BCUT2D eigenvalue weighted by Crippen LogP contribution is 2.08. The smallest absolute Gasteiger partial charge is 0.307 e. The van der Waals surface area contributed by atoms with Gasteiger partial charge in [-0.05, 0) is 18.6 Å². The van der Waals surface area contributed by atoms with Crippen LogP contribution in [0.1, 0.15) is 25.7 Å². The van der Waals surface area contributed by atoms with Crippen molar-refractivity contribution >= 4 is 24.6 Å². The summed E-state index contributed by atoms with van der Waals surface area (Å²) in [5.41, 5.74) is 0. The maximum atomic E-state index is 11.5. The van der Waals surface area contributed by atoms with Crippen molar-refractivity contribution in [1.29, 1.82) is 0 Å². The molecule has 0 aromatic rings. The number of nitrogens with zero attached hydrogens (tertiary/aromatic N) is 1. The second-order valence-electron chi connectivity index (χ2n) is 5.36. The number of likely N-dealkylation sites (N-methyl/N-ethyl adjacent to an activating group) is 1. The van der Waals surface area contributed by atoms with Crippen LogP contribution in [-0.4, -0.2) is 61.1 Å². The summed E-state index contributed by atoms with van der Waals surface area (Å²) in [5, 5.41) is 8.80. The monoisotopic (exact) mass is 278 g/mol. The minimum Gasteiger partial charge on any atom is -0.481 e. The molecule has 0 aliphatic heterocycles. The van der Waals surface area contributed by atoms with E-state index in [1.807, 2.05) is 21.1 Å². The third kappa shape index (κ3) is 10.4. The number of unbranched alkanes of at least 4 members (excludes halogenated alkanes) is 1. The molecule has 0 heterocycles. The van der Waals surface area contributed by atoms with E-state index in [1.165, 1.54) is 0 Å². The molecule has 0 spiro atoms. The number of aliphatic carboxylic acids is 1. The molecule has 0 amide bonds. The van der Waals surface area contributed by atoms with E-state index in [9.17, 15) is 9.59 Å². The summed E-state index contributed by atoms with van der Waals surface area (Å²) >= 11 is 4.06. The van der Waals surface area contributed by atoms with Crippen molar-refractivity contribution in [2.75, 3.05) is 33.4 Å². The molecule has 1 N–H and O–H groups in total. The average Bonchev–Trinajstić information content (AvgIpc) is 2.13. The van der Waals surface area contributed by atoms with Crippen molar-refractivity contribution in [3.8, 4) is 0 Å². The van der Waals surface area contributed by atoms with E-state index in [0.717, 1.165) is 18.6 Å². The van der Waals surface area contributed by atoms with Crippen LogP contribution in [-0.2, 0) is 14.3 Å². The van der Waals surface area contributed by atoms with Crippen molar-refractivity contribution in [2.24, 2.45) is 0 Å². The number of carbonyl (C=O) groups is 2. The lowest BCUT2D eigenvalue weighted by Crippen LogP contribution is -2.43. The number of carboxylic acids is 1. The Labute approximate surface area is 114 Å². The van der Waals surface area contributed by atoms with E-state index in [0.29, 0.717) is 17.4 Å². The Morgan fingerprint density at radius 3 is 2.33 bits per heavy atom. The number of thiol groups is 1. The predicted octanol–water partition coefficient (Wildman–Crippen LogP) is 1.18. The number of carboxylic acid groups (broad SMARTS) is 1. The molecule has 18 heavy (non-hydrogen) atoms. The molecule has 0 bridgehead atoms. The van der Waals surface area contributed by atoms with E-state index in [2.05, 4.69) is 12.6 Å². The number of esters is 1. The summed E-state index contributed by atoms with van der Waals surface area (Å²) in [5.74, 6) is -0.529. The van der Waals surface area contributed by atoms with Gasteiger partial charge in [0.25, 0.3) is 0 Å². The van der Waals surface area contributed by atoms with Crippen LogP contribution in [0.15, 0.2) is 0 Å². The summed E-state index contributed by atoms with van der Waals surface area (Å²) in [4.78, 5) is 22.3. The number of carbonyl (C=O) groups excluding carboxylic acids is 1. The van der Waals surface area contributed by atoms with E-state index in [1.54, 1.807) is 0 Å². The minimum absolute atomic E-state index is 0.145. The zero-order valence-electron chi connectivity index (χ0n) is 11.4. The highest BCUT2D eigenvalue weighted by atomic mass is 32.1. The van der Waals surface area contributed by atoms with Gasteiger partial charge in [-0.1, -0.05) is 0 Å². The van der Waals surface area contributed by atoms with E-state index >= 15 is 0 Å². The second-order valence-corrected chi connectivity index (χ2v) is 5.81. The predicted molar refractivity (Wildman–Crippen MR) is 72.7 cm³/mol. The molecule has 0 radical (unpaired) electrons. The first-order valence-electron chi connectivity index (χ1n) is 6.07. The van der Waals surface area contributed by atoms with Crippen LogP contribution in [0.5, 0.6) is 0 Å². The van der Waals surface area contributed by atoms with Crippen molar-refractivity contribution in [3.63, 3.8) is 0 Å². The number of hydrogen-bond acceptors (Lipinski definition) is 4. The van der Waals surface area contributed by atoms with E-state index in [4.69, 9.17) is 9.84 Å². The molecule has 5 nitrogen and oxygen atoms in total. The van der Waals surface area contributed by atoms with Crippen LogP contribution in [0, 0.1) is 0 Å². The number of rotatable bonds is 9. The maximum Gasteiger partial charge on any atom is 0.307 e. The quantitative estimate of drug-likeness (QED) is 0.288. The molecule has 0 aromatic carbocycles. The Balaban J connectivity index is 4.22. The van der Waals surface area contributed by atoms with Gasteiger partial charge >= 0.3 is 11.9 Å². The zero-order valence-corrected chi connectivity index (χ0v) is 12.3. The first-order valence-corrected chi connectivity index (χ1v) is 6.70. The topological polar surface area (TPSA) is 63.6 Å². The van der Waals surface area contributed by atoms with Crippen molar-refractivity contribution < 1.29 is 23.9 Å². The second kappa shape index (κ2) is 8.37. The van der Waals surface area contributed by atoms with Crippen LogP contribution in [0.3, 0.4) is 0 Å². The molecule has 0 aromatic heterocycles. The Morgan fingerprint density at radius 1 is 1.28 bits per heavy atom. The van der Waals surface area contributed by atoms with Crippen LogP contribution in [0.4, 0.5) is 0 Å². The molecule has 0 rings (SSSR count). The molecule has 0 fully saturated rings. The van der Waals surface area contributed by atoms with Gasteiger partial charge in [-0.2, -0.15) is 12.6 Å². The average molecular weight is 278 g/mol. The van der Waals surface area contributed by atoms with Crippen LogP contribution < -0.4 is 0 Å². The van der Waals surface area contributed by atoms with Gasteiger partial charge < -0.3 is 14.3 Å². The third-order valence-electron chi connectivity index (χ3n) is 2.24. The van der Waals surface area contributed by atoms with Gasteiger partial charge in [-0.25, -0.2) is 0 Å². The molecule has 0 unspecified atom stereocenters. The van der Waals surface area contributed by atoms with Gasteiger partial charge in [0.15, 0.2) is 6.10 Å².